The summed E-state index contributed by atoms with van der Waals surface area (Å²) in [4.78, 5) is 11.5. The Kier molecular flexibility index (Phi) is 9.76. The van der Waals surface area contributed by atoms with Gasteiger partial charge in [0.2, 0.25) is 0 Å². The lowest BCUT2D eigenvalue weighted by molar-refractivity contribution is -0.139. The van der Waals surface area contributed by atoms with Crippen LogP contribution in [0.15, 0.2) is 58.7 Å². The summed E-state index contributed by atoms with van der Waals surface area (Å²) in [6.45, 7) is 12.7. The van der Waals surface area contributed by atoms with E-state index in [0.29, 0.717) is 23.6 Å². The van der Waals surface area contributed by atoms with E-state index >= 15 is 0 Å². The second-order valence-corrected chi connectivity index (χ2v) is 6.26. The number of ether oxygens (including phenoxy) is 2. The van der Waals surface area contributed by atoms with Gasteiger partial charge in [0.25, 0.3) is 0 Å². The number of nitriles is 1. The number of hydrogen-bond acceptors (Lipinski definition) is 7. The van der Waals surface area contributed by atoms with E-state index in [2.05, 4.69) is 42.0 Å². The van der Waals surface area contributed by atoms with Crippen molar-refractivity contribution >= 4 is 5.97 Å². The Hall–Kier alpha value is -2.98. The first-order valence-electron chi connectivity index (χ1n) is 9.74. The number of methoxy groups -OCH3 is 2. The molecule has 2 aliphatic rings. The van der Waals surface area contributed by atoms with Gasteiger partial charge in [-0.2, -0.15) is 5.26 Å². The maximum Gasteiger partial charge on any atom is 0.325 e. The number of carbonyl (C=O) groups is 1. The van der Waals surface area contributed by atoms with Crippen LogP contribution >= 0.6 is 0 Å². The van der Waals surface area contributed by atoms with Crippen LogP contribution in [0.4, 0.5) is 0 Å². The van der Waals surface area contributed by atoms with Crippen molar-refractivity contribution < 1.29 is 14.3 Å². The van der Waals surface area contributed by atoms with Gasteiger partial charge in [-0.05, 0) is 25.0 Å². The molecule has 158 valence electrons. The summed E-state index contributed by atoms with van der Waals surface area (Å²) in [7, 11) is 2.94. The fraction of sp³-hybridized carbons (Fsp3) is 0.455. The normalized spacial score (nSPS) is 17.9. The fourth-order valence-electron chi connectivity index (χ4n) is 2.92. The van der Waals surface area contributed by atoms with Crippen LogP contribution in [-0.2, 0) is 14.3 Å². The number of esters is 1. The van der Waals surface area contributed by atoms with Crippen molar-refractivity contribution in [2.75, 3.05) is 27.3 Å². The fourth-order valence-corrected chi connectivity index (χ4v) is 2.92. The monoisotopic (exact) mass is 400 g/mol. The first-order chi connectivity index (χ1) is 13.9. The lowest BCUT2D eigenvalue weighted by Gasteiger charge is -2.26. The zero-order valence-electron chi connectivity index (χ0n) is 18.3. The van der Waals surface area contributed by atoms with Crippen molar-refractivity contribution in [1.29, 1.82) is 5.26 Å². The molecule has 0 fully saturated rings. The van der Waals surface area contributed by atoms with E-state index in [4.69, 9.17) is 4.74 Å². The molecule has 0 aromatic carbocycles. The molecule has 0 aromatic heterocycles. The van der Waals surface area contributed by atoms with Crippen molar-refractivity contribution in [3.8, 4) is 6.07 Å². The lowest BCUT2D eigenvalue weighted by Crippen LogP contribution is -2.43. The third-order valence-electron chi connectivity index (χ3n) is 4.68. The number of hydrogen-bond donors (Lipinski definition) is 2. The maximum absolute atomic E-state index is 11.5. The first-order valence-corrected chi connectivity index (χ1v) is 9.74. The van der Waals surface area contributed by atoms with Crippen LogP contribution in [0.1, 0.15) is 34.1 Å². The van der Waals surface area contributed by atoms with Crippen molar-refractivity contribution in [3.63, 3.8) is 0 Å². The van der Waals surface area contributed by atoms with Crippen LogP contribution in [0.2, 0.25) is 0 Å². The molecule has 0 saturated heterocycles. The summed E-state index contributed by atoms with van der Waals surface area (Å²) in [6, 6.07) is 1.94. The van der Waals surface area contributed by atoms with Gasteiger partial charge in [-0.15, -0.1) is 0 Å². The Bertz CT molecular complexity index is 784. The summed E-state index contributed by atoms with van der Waals surface area (Å²) in [6.07, 6.45) is 6.53. The Balaban J connectivity index is 0.00000204. The molecule has 1 atom stereocenters. The molecule has 29 heavy (non-hydrogen) atoms. The van der Waals surface area contributed by atoms with Crippen LogP contribution in [0.25, 0.3) is 0 Å². The second kappa shape index (κ2) is 11.8. The molecule has 0 amide bonds. The summed E-state index contributed by atoms with van der Waals surface area (Å²) in [5.41, 5.74) is 7.74. The van der Waals surface area contributed by atoms with E-state index in [-0.39, 0.29) is 12.6 Å². The van der Waals surface area contributed by atoms with E-state index in [0.717, 1.165) is 17.6 Å². The topological polar surface area (TPSA) is 86.6 Å². The summed E-state index contributed by atoms with van der Waals surface area (Å²) in [5.74, 6) is 0.243. The predicted octanol–water partition coefficient (Wildman–Crippen LogP) is 3.08. The Morgan fingerprint density at radius 2 is 2.03 bits per heavy atom. The maximum atomic E-state index is 11.5. The van der Waals surface area contributed by atoms with Gasteiger partial charge in [0.15, 0.2) is 0 Å². The molecular weight excluding hydrogens is 368 g/mol. The highest BCUT2D eigenvalue weighted by Crippen LogP contribution is 2.28. The molecule has 7 nitrogen and oxygen atoms in total. The Labute approximate surface area is 174 Å². The molecule has 1 aliphatic heterocycles. The highest BCUT2D eigenvalue weighted by molar-refractivity contribution is 5.72. The van der Waals surface area contributed by atoms with Gasteiger partial charge in [-0.25, -0.2) is 5.43 Å². The minimum Gasteiger partial charge on any atom is -0.497 e. The Morgan fingerprint density at radius 3 is 2.59 bits per heavy atom. The third kappa shape index (κ3) is 6.00. The van der Waals surface area contributed by atoms with E-state index in [9.17, 15) is 10.1 Å². The number of nitrogens with zero attached hydrogens (tertiary/aromatic N) is 2. The summed E-state index contributed by atoms with van der Waals surface area (Å²) in [5, 5.41) is 14.4. The predicted molar refractivity (Wildman–Crippen MR) is 114 cm³/mol. The average molecular weight is 401 g/mol. The van der Waals surface area contributed by atoms with Crippen LogP contribution in [0, 0.1) is 11.3 Å². The zero-order chi connectivity index (χ0) is 22.0. The van der Waals surface area contributed by atoms with Crippen molar-refractivity contribution in [2.45, 2.75) is 40.2 Å². The molecule has 0 bridgehead atoms. The van der Waals surface area contributed by atoms with Crippen molar-refractivity contribution in [1.82, 2.24) is 15.8 Å². The molecule has 0 radical (unpaired) electrons. The molecule has 0 saturated carbocycles. The summed E-state index contributed by atoms with van der Waals surface area (Å²) >= 11 is 0. The van der Waals surface area contributed by atoms with Gasteiger partial charge < -0.3 is 19.8 Å². The standard InChI is InChI=1S/C20H26N4O3.C2H6/c1-6-13(2)17(14(3)26-4)12-24-11-16-8-7-15(9-21)19(20(16)23-24)22-10-18(25)27-5;1-2/h7-8,11,20,22-23H,3,6,10,12H2,1-2,4-5H3;1-2H3/b17-13+;. The van der Waals surface area contributed by atoms with Gasteiger partial charge in [-0.1, -0.05) is 39.0 Å². The van der Waals surface area contributed by atoms with Gasteiger partial charge in [-0.3, -0.25) is 4.79 Å². The number of allylic oxidation sites excluding steroid dienone is 3. The molecule has 1 aliphatic carbocycles. The molecule has 7 heteroatoms. The number of carbonyl (C=O) groups excluding carboxylic acids is 1. The molecule has 0 aromatic rings. The third-order valence-corrected chi connectivity index (χ3v) is 4.68. The smallest absolute Gasteiger partial charge is 0.325 e. The van der Waals surface area contributed by atoms with Gasteiger partial charge in [0.1, 0.15) is 18.4 Å². The molecule has 0 spiro atoms. The number of nitrogens with one attached hydrogen (secondary N) is 2. The zero-order valence-corrected chi connectivity index (χ0v) is 18.3. The van der Waals surface area contributed by atoms with Gasteiger partial charge in [0, 0.05) is 11.8 Å². The van der Waals surface area contributed by atoms with Crippen LogP contribution in [0.3, 0.4) is 0 Å². The molecule has 2 rings (SSSR count). The van der Waals surface area contributed by atoms with Gasteiger partial charge >= 0.3 is 5.97 Å². The summed E-state index contributed by atoms with van der Waals surface area (Å²) < 4.78 is 10.0. The molecule has 2 N–H and O–H groups in total. The minimum atomic E-state index is -0.394. The minimum absolute atomic E-state index is 0.00309. The number of fused-ring (bicyclic) bond motifs is 1. The highest BCUT2D eigenvalue weighted by atomic mass is 16.5. The van der Waals surface area contributed by atoms with Gasteiger partial charge in [0.05, 0.1) is 38.1 Å². The SMILES string of the molecule is C=C(OC)/C(CN1C=C2C=CC(C#N)=C(NCC(=O)OC)C2N1)=C(\C)CC.CC. The average Bonchev–Trinajstić information content (AvgIpc) is 3.18. The molecule has 1 unspecified atom stereocenters. The van der Waals surface area contributed by atoms with Crippen molar-refractivity contribution in [2.24, 2.45) is 0 Å². The number of rotatable bonds is 8. The van der Waals surface area contributed by atoms with Crippen LogP contribution in [0.5, 0.6) is 0 Å². The highest BCUT2D eigenvalue weighted by Gasteiger charge is 2.31. The van der Waals surface area contributed by atoms with Crippen molar-refractivity contribution in [3.05, 3.63) is 58.7 Å². The first kappa shape index (κ1) is 24.1. The van der Waals surface area contributed by atoms with Crippen LogP contribution < -0.4 is 10.7 Å². The van der Waals surface area contributed by atoms with E-state index in [1.54, 1.807) is 13.2 Å². The van der Waals surface area contributed by atoms with E-state index in [1.165, 1.54) is 12.7 Å². The molecule has 1 heterocycles. The quantitative estimate of drug-likeness (QED) is 0.368. The molecular formula is C22H32N4O3. The van der Waals surface area contributed by atoms with E-state index < -0.39 is 5.97 Å². The largest absolute Gasteiger partial charge is 0.497 e. The van der Waals surface area contributed by atoms with Crippen LogP contribution in [-0.4, -0.2) is 44.3 Å². The second-order valence-electron chi connectivity index (χ2n) is 6.26. The Morgan fingerprint density at radius 1 is 1.34 bits per heavy atom. The number of hydrazine groups is 1. The van der Waals surface area contributed by atoms with E-state index in [1.807, 2.05) is 31.1 Å². The lowest BCUT2D eigenvalue weighted by atomic mass is 9.96.